The zero-order valence-electron chi connectivity index (χ0n) is 23.1. The minimum Gasteiger partial charge on any atom is -0.481 e. The smallest absolute Gasteiger partial charge is 0.303 e. The SMILES string of the molecule is CC(C)(C)CCCn1nc(-c2nc(N)c3c(n2)NC(=O)[C@@]3(C)c2ccc(CCC(=O)O)cc2)c2ccc(Cl)cc21. The van der Waals surface area contributed by atoms with Crippen molar-refractivity contribution in [3.8, 4) is 11.5 Å². The zero-order valence-corrected chi connectivity index (χ0v) is 23.8. The lowest BCUT2D eigenvalue weighted by Gasteiger charge is -2.23. The Balaban J connectivity index is 1.52. The highest BCUT2D eigenvalue weighted by atomic mass is 35.5. The highest BCUT2D eigenvalue weighted by Crippen LogP contribution is 2.45. The molecule has 3 heterocycles. The molecule has 1 amide bonds. The number of nitrogens with zero attached hydrogens (tertiary/aromatic N) is 4. The molecule has 208 valence electrons. The van der Waals surface area contributed by atoms with E-state index in [1.165, 1.54) is 0 Å². The lowest BCUT2D eigenvalue weighted by Crippen LogP contribution is -2.33. The topological polar surface area (TPSA) is 136 Å². The fourth-order valence-corrected chi connectivity index (χ4v) is 5.45. The number of aromatic nitrogens is 4. The summed E-state index contributed by atoms with van der Waals surface area (Å²) in [5.74, 6) is -0.240. The Morgan fingerprint density at radius 1 is 1.15 bits per heavy atom. The van der Waals surface area contributed by atoms with E-state index in [1.807, 2.05) is 47.1 Å². The van der Waals surface area contributed by atoms with Crippen molar-refractivity contribution in [3.63, 3.8) is 0 Å². The van der Waals surface area contributed by atoms with Crippen LogP contribution in [0.15, 0.2) is 42.5 Å². The Morgan fingerprint density at radius 3 is 2.55 bits per heavy atom. The van der Waals surface area contributed by atoms with Crippen LogP contribution in [-0.2, 0) is 28.0 Å². The van der Waals surface area contributed by atoms with Gasteiger partial charge >= 0.3 is 5.97 Å². The molecule has 1 aliphatic heterocycles. The van der Waals surface area contributed by atoms with Gasteiger partial charge in [0.05, 0.1) is 11.1 Å². The van der Waals surface area contributed by atoms with E-state index in [2.05, 4.69) is 31.1 Å². The number of carbonyl (C=O) groups is 2. The van der Waals surface area contributed by atoms with Crippen molar-refractivity contribution < 1.29 is 14.7 Å². The summed E-state index contributed by atoms with van der Waals surface area (Å²) >= 11 is 6.34. The molecule has 2 aromatic carbocycles. The van der Waals surface area contributed by atoms with E-state index < -0.39 is 11.4 Å². The van der Waals surface area contributed by atoms with Crippen LogP contribution in [0.3, 0.4) is 0 Å². The molecule has 0 radical (unpaired) electrons. The van der Waals surface area contributed by atoms with E-state index in [-0.39, 0.29) is 23.6 Å². The fourth-order valence-electron chi connectivity index (χ4n) is 5.29. The minimum absolute atomic E-state index is 0.0384. The number of aliphatic carboxylic acids is 1. The zero-order chi connectivity index (χ0) is 28.8. The molecule has 0 aliphatic carbocycles. The molecule has 0 saturated heterocycles. The maximum Gasteiger partial charge on any atom is 0.303 e. The number of amides is 1. The molecule has 0 fully saturated rings. The van der Waals surface area contributed by atoms with Crippen molar-refractivity contribution in [2.75, 3.05) is 11.1 Å². The average molecular weight is 561 g/mol. The summed E-state index contributed by atoms with van der Waals surface area (Å²) in [6.45, 7) is 9.15. The quantitative estimate of drug-likeness (QED) is 0.246. The van der Waals surface area contributed by atoms with Gasteiger partial charge in [0, 0.05) is 23.4 Å². The molecule has 0 bridgehead atoms. The number of benzene rings is 2. The number of carboxylic acids is 1. The van der Waals surface area contributed by atoms with Crippen LogP contribution in [0.1, 0.15) is 63.6 Å². The molecule has 40 heavy (non-hydrogen) atoms. The first-order chi connectivity index (χ1) is 18.9. The molecule has 4 N–H and O–H groups in total. The van der Waals surface area contributed by atoms with Gasteiger partial charge in [0.15, 0.2) is 5.82 Å². The molecule has 0 unspecified atom stereocenters. The molecular formula is C30H33ClN6O3. The van der Waals surface area contributed by atoms with Crippen molar-refractivity contribution in [1.29, 1.82) is 0 Å². The normalized spacial score (nSPS) is 16.8. The van der Waals surface area contributed by atoms with Crippen molar-refractivity contribution in [3.05, 3.63) is 64.2 Å². The maximum atomic E-state index is 13.4. The van der Waals surface area contributed by atoms with E-state index in [0.717, 1.165) is 29.3 Å². The summed E-state index contributed by atoms with van der Waals surface area (Å²) in [6, 6.07) is 12.9. The third kappa shape index (κ3) is 5.13. The predicted molar refractivity (Wildman–Crippen MR) is 156 cm³/mol. The summed E-state index contributed by atoms with van der Waals surface area (Å²) in [5.41, 5.74) is 9.20. The molecular weight excluding hydrogens is 528 g/mol. The molecule has 0 saturated carbocycles. The van der Waals surface area contributed by atoms with Crippen LogP contribution in [0.2, 0.25) is 5.02 Å². The second-order valence-corrected chi connectivity index (χ2v) is 12.2. The van der Waals surface area contributed by atoms with Gasteiger partial charge in [0.2, 0.25) is 5.91 Å². The van der Waals surface area contributed by atoms with E-state index >= 15 is 0 Å². The lowest BCUT2D eigenvalue weighted by atomic mass is 9.77. The van der Waals surface area contributed by atoms with Crippen molar-refractivity contribution in [1.82, 2.24) is 19.7 Å². The average Bonchev–Trinajstić information content (AvgIpc) is 3.36. The van der Waals surface area contributed by atoms with Gasteiger partial charge in [0.25, 0.3) is 0 Å². The number of carboxylic acid groups (broad SMARTS) is 1. The number of nitrogen functional groups attached to an aromatic ring is 1. The number of fused-ring (bicyclic) bond motifs is 2. The van der Waals surface area contributed by atoms with Crippen molar-refractivity contribution in [2.45, 2.75) is 65.3 Å². The molecule has 1 atom stereocenters. The van der Waals surface area contributed by atoms with Crippen LogP contribution in [0.4, 0.5) is 11.6 Å². The van der Waals surface area contributed by atoms with Crippen molar-refractivity contribution >= 4 is 46.0 Å². The Kier molecular flexibility index (Phi) is 7.04. The molecule has 4 aromatic rings. The van der Waals surface area contributed by atoms with E-state index in [4.69, 9.17) is 32.5 Å². The molecule has 2 aromatic heterocycles. The van der Waals surface area contributed by atoms with Crippen LogP contribution < -0.4 is 11.1 Å². The minimum atomic E-state index is -1.11. The second-order valence-electron chi connectivity index (χ2n) is 11.7. The largest absolute Gasteiger partial charge is 0.481 e. The number of hydrogen-bond acceptors (Lipinski definition) is 6. The standard InChI is InChI=1S/C30H33ClN6O3/c1-29(2,3)14-5-15-37-21-16-19(31)11-12-20(21)24(36-37)27-33-25(32)23-26(34-27)35-28(40)30(23,4)18-9-6-17(7-10-18)8-13-22(38)39/h6-7,9-12,16H,5,8,13-15H2,1-4H3,(H,38,39)(H3,32,33,34,35,40)/t30-/m0/s1. The number of rotatable bonds is 8. The second kappa shape index (κ2) is 10.2. The van der Waals surface area contributed by atoms with Gasteiger partial charge in [-0.1, -0.05) is 56.6 Å². The first-order valence-corrected chi connectivity index (χ1v) is 13.7. The summed E-state index contributed by atoms with van der Waals surface area (Å²) in [6.07, 6.45) is 2.43. The van der Waals surface area contributed by atoms with E-state index in [1.54, 1.807) is 6.92 Å². The van der Waals surface area contributed by atoms with Gasteiger partial charge in [0.1, 0.15) is 22.7 Å². The van der Waals surface area contributed by atoms with Gasteiger partial charge in [-0.15, -0.1) is 0 Å². The molecule has 1 aliphatic rings. The van der Waals surface area contributed by atoms with Gasteiger partial charge < -0.3 is 16.2 Å². The first-order valence-electron chi connectivity index (χ1n) is 13.3. The fraction of sp³-hybridized carbons (Fsp3) is 0.367. The number of halogens is 1. The Morgan fingerprint density at radius 2 is 1.88 bits per heavy atom. The Labute approximate surface area is 237 Å². The summed E-state index contributed by atoms with van der Waals surface area (Å²) in [4.78, 5) is 33.7. The van der Waals surface area contributed by atoms with Gasteiger partial charge in [-0.2, -0.15) is 5.10 Å². The van der Waals surface area contributed by atoms with Crippen molar-refractivity contribution in [2.24, 2.45) is 5.41 Å². The number of nitrogens with two attached hydrogens (primary N) is 1. The third-order valence-electron chi connectivity index (χ3n) is 7.50. The first kappa shape index (κ1) is 27.6. The number of aryl methyl sites for hydroxylation is 2. The lowest BCUT2D eigenvalue weighted by molar-refractivity contribution is -0.137. The van der Waals surface area contributed by atoms with Crippen LogP contribution >= 0.6 is 11.6 Å². The van der Waals surface area contributed by atoms with Crippen LogP contribution in [0.5, 0.6) is 0 Å². The molecule has 5 rings (SSSR count). The van der Waals surface area contributed by atoms with Gasteiger partial charge in [-0.3, -0.25) is 14.3 Å². The maximum absolute atomic E-state index is 13.4. The monoisotopic (exact) mass is 560 g/mol. The highest BCUT2D eigenvalue weighted by Gasteiger charge is 2.47. The number of carbonyl (C=O) groups excluding carboxylic acids is 1. The molecule has 9 nitrogen and oxygen atoms in total. The molecule has 10 heteroatoms. The predicted octanol–water partition coefficient (Wildman–Crippen LogP) is 5.83. The summed E-state index contributed by atoms with van der Waals surface area (Å²) < 4.78 is 1.93. The van der Waals surface area contributed by atoms with Crippen LogP contribution in [-0.4, -0.2) is 36.7 Å². The molecule has 0 spiro atoms. The van der Waals surface area contributed by atoms with Crippen LogP contribution in [0.25, 0.3) is 22.4 Å². The van der Waals surface area contributed by atoms with E-state index in [9.17, 15) is 9.59 Å². The number of hydrogen-bond donors (Lipinski definition) is 3. The number of anilines is 2. The van der Waals surface area contributed by atoms with E-state index in [0.29, 0.717) is 46.5 Å². The summed E-state index contributed by atoms with van der Waals surface area (Å²) in [7, 11) is 0. The Hall–Kier alpha value is -3.98. The highest BCUT2D eigenvalue weighted by molar-refractivity contribution is 6.31. The Bertz CT molecular complexity index is 1620. The van der Waals surface area contributed by atoms with Gasteiger partial charge in [-0.25, -0.2) is 9.97 Å². The van der Waals surface area contributed by atoms with Crippen LogP contribution in [0, 0.1) is 5.41 Å². The van der Waals surface area contributed by atoms with Gasteiger partial charge in [-0.05, 0) is 60.9 Å². The summed E-state index contributed by atoms with van der Waals surface area (Å²) in [5, 5.41) is 18.2. The number of nitrogens with one attached hydrogen (secondary N) is 1. The third-order valence-corrected chi connectivity index (χ3v) is 7.74.